The number of hydrogen-bond acceptors (Lipinski definition) is 4. The van der Waals surface area contributed by atoms with Crippen LogP contribution in [0.5, 0.6) is 0 Å². The first-order valence-electron chi connectivity index (χ1n) is 8.26. The number of rotatable bonds is 4. The van der Waals surface area contributed by atoms with Crippen LogP contribution < -0.4 is 4.72 Å². The average Bonchev–Trinajstić information content (AvgIpc) is 2.99. The minimum Gasteiger partial charge on any atom is -0.283 e. The normalized spacial score (nSPS) is 17.1. The molecule has 0 aliphatic carbocycles. The number of amides is 1. The fraction of sp³-hybridized carbons (Fsp3) is 0.263. The van der Waals surface area contributed by atoms with Gasteiger partial charge in [0.1, 0.15) is 0 Å². The van der Waals surface area contributed by atoms with Crippen LogP contribution in [0, 0.1) is 6.92 Å². The van der Waals surface area contributed by atoms with Crippen LogP contribution in [-0.2, 0) is 14.8 Å². The maximum atomic E-state index is 12.2. The molecule has 0 fully saturated rings. The molecular formula is C19H21N3O3S. The SMILES string of the molecule is CC(=O)N1N=C(c2ccccc2C)CC1c1ccccc1NS(C)(=O)=O. The van der Waals surface area contributed by atoms with Crippen LogP contribution in [0.3, 0.4) is 0 Å². The van der Waals surface area contributed by atoms with E-state index in [9.17, 15) is 13.2 Å². The second kappa shape index (κ2) is 6.92. The zero-order valence-electron chi connectivity index (χ0n) is 14.9. The van der Waals surface area contributed by atoms with Gasteiger partial charge in [-0.3, -0.25) is 9.52 Å². The van der Waals surface area contributed by atoms with E-state index in [1.54, 1.807) is 12.1 Å². The van der Waals surface area contributed by atoms with Crippen LogP contribution in [-0.4, -0.2) is 31.3 Å². The molecule has 1 unspecified atom stereocenters. The Morgan fingerprint density at radius 3 is 2.46 bits per heavy atom. The van der Waals surface area contributed by atoms with Gasteiger partial charge >= 0.3 is 0 Å². The van der Waals surface area contributed by atoms with Crippen LogP contribution in [0.4, 0.5) is 5.69 Å². The van der Waals surface area contributed by atoms with E-state index >= 15 is 0 Å². The molecule has 0 bridgehead atoms. The zero-order chi connectivity index (χ0) is 18.9. The molecule has 6 nitrogen and oxygen atoms in total. The summed E-state index contributed by atoms with van der Waals surface area (Å²) >= 11 is 0. The number of sulfonamides is 1. The molecule has 1 heterocycles. The standard InChI is InChI=1S/C19H21N3O3S/c1-13-8-4-5-9-15(13)18-12-19(22(20-18)14(2)23)16-10-6-7-11-17(16)21-26(3,24)25/h4-11,19,21H,12H2,1-3H3. The highest BCUT2D eigenvalue weighted by Crippen LogP contribution is 2.37. The number of hydrogen-bond donors (Lipinski definition) is 1. The minimum absolute atomic E-state index is 0.187. The number of aryl methyl sites for hydroxylation is 1. The van der Waals surface area contributed by atoms with Crippen molar-refractivity contribution in [3.05, 3.63) is 65.2 Å². The molecule has 3 rings (SSSR count). The number of carbonyl (C=O) groups excluding carboxylic acids is 1. The summed E-state index contributed by atoms with van der Waals surface area (Å²) in [5, 5.41) is 5.97. The Kier molecular flexibility index (Phi) is 4.82. The van der Waals surface area contributed by atoms with Gasteiger partial charge in [-0.05, 0) is 18.6 Å². The minimum atomic E-state index is -3.43. The van der Waals surface area contributed by atoms with Gasteiger partial charge in [-0.2, -0.15) is 5.10 Å². The first-order valence-corrected chi connectivity index (χ1v) is 10.2. The molecule has 1 N–H and O–H groups in total. The molecule has 2 aromatic carbocycles. The fourth-order valence-electron chi connectivity index (χ4n) is 3.18. The van der Waals surface area contributed by atoms with Gasteiger partial charge in [0.25, 0.3) is 0 Å². The molecule has 1 amide bonds. The maximum Gasteiger partial charge on any atom is 0.240 e. The van der Waals surface area contributed by atoms with E-state index in [-0.39, 0.29) is 11.9 Å². The predicted molar refractivity (Wildman–Crippen MR) is 103 cm³/mol. The van der Waals surface area contributed by atoms with Gasteiger partial charge in [0, 0.05) is 24.5 Å². The van der Waals surface area contributed by atoms with E-state index < -0.39 is 10.0 Å². The van der Waals surface area contributed by atoms with E-state index in [0.29, 0.717) is 12.1 Å². The Bertz CT molecular complexity index is 983. The number of nitrogens with zero attached hydrogens (tertiary/aromatic N) is 2. The Morgan fingerprint density at radius 2 is 1.81 bits per heavy atom. The van der Waals surface area contributed by atoms with Crippen molar-refractivity contribution in [3.63, 3.8) is 0 Å². The Hall–Kier alpha value is -2.67. The van der Waals surface area contributed by atoms with Crippen LogP contribution in [0.25, 0.3) is 0 Å². The third-order valence-electron chi connectivity index (χ3n) is 4.30. The molecule has 1 aliphatic rings. The lowest BCUT2D eigenvalue weighted by Crippen LogP contribution is -2.25. The second-order valence-corrected chi connectivity index (χ2v) is 8.16. The lowest BCUT2D eigenvalue weighted by atomic mass is 9.95. The van der Waals surface area contributed by atoms with Crippen molar-refractivity contribution in [3.8, 4) is 0 Å². The van der Waals surface area contributed by atoms with Crippen molar-refractivity contribution in [1.29, 1.82) is 0 Å². The van der Waals surface area contributed by atoms with Crippen molar-refractivity contribution >= 4 is 27.3 Å². The van der Waals surface area contributed by atoms with Crippen molar-refractivity contribution in [1.82, 2.24) is 5.01 Å². The lowest BCUT2D eigenvalue weighted by molar-refractivity contribution is -0.130. The van der Waals surface area contributed by atoms with Gasteiger partial charge in [0.05, 0.1) is 23.7 Å². The third kappa shape index (κ3) is 3.77. The zero-order valence-corrected chi connectivity index (χ0v) is 15.7. The predicted octanol–water partition coefficient (Wildman–Crippen LogP) is 3.06. The van der Waals surface area contributed by atoms with Crippen molar-refractivity contribution in [2.24, 2.45) is 5.10 Å². The number of nitrogens with one attached hydrogen (secondary N) is 1. The van der Waals surface area contributed by atoms with Gasteiger partial charge < -0.3 is 0 Å². The number of carbonyl (C=O) groups is 1. The molecule has 1 atom stereocenters. The van der Waals surface area contributed by atoms with E-state index in [1.807, 2.05) is 43.3 Å². The average molecular weight is 371 g/mol. The molecule has 136 valence electrons. The number of anilines is 1. The summed E-state index contributed by atoms with van der Waals surface area (Å²) in [5.74, 6) is -0.187. The molecule has 0 saturated carbocycles. The summed E-state index contributed by atoms with van der Waals surface area (Å²) in [6.07, 6.45) is 1.63. The summed E-state index contributed by atoms with van der Waals surface area (Å²) in [6.45, 7) is 3.46. The number of benzene rings is 2. The van der Waals surface area contributed by atoms with Gasteiger partial charge in [0.15, 0.2) is 0 Å². The summed E-state index contributed by atoms with van der Waals surface area (Å²) in [4.78, 5) is 12.2. The Morgan fingerprint density at radius 1 is 1.15 bits per heavy atom. The second-order valence-electron chi connectivity index (χ2n) is 6.41. The quantitative estimate of drug-likeness (QED) is 0.897. The highest BCUT2D eigenvalue weighted by Gasteiger charge is 2.33. The monoisotopic (exact) mass is 371 g/mol. The summed E-state index contributed by atoms with van der Waals surface area (Å²) in [7, 11) is -3.43. The molecule has 0 radical (unpaired) electrons. The molecule has 2 aromatic rings. The largest absolute Gasteiger partial charge is 0.283 e. The van der Waals surface area contributed by atoms with Crippen LogP contribution in [0.15, 0.2) is 53.6 Å². The Labute approximate surface area is 153 Å². The van der Waals surface area contributed by atoms with Crippen molar-refractivity contribution in [2.45, 2.75) is 26.3 Å². The third-order valence-corrected chi connectivity index (χ3v) is 4.89. The highest BCUT2D eigenvalue weighted by atomic mass is 32.2. The smallest absolute Gasteiger partial charge is 0.240 e. The maximum absolute atomic E-state index is 12.2. The summed E-state index contributed by atoms with van der Waals surface area (Å²) in [6, 6.07) is 14.6. The molecular weight excluding hydrogens is 350 g/mol. The molecule has 26 heavy (non-hydrogen) atoms. The number of hydrazone groups is 1. The van der Waals surface area contributed by atoms with E-state index in [4.69, 9.17) is 0 Å². The van der Waals surface area contributed by atoms with Gasteiger partial charge in [-0.15, -0.1) is 0 Å². The Balaban J connectivity index is 2.02. The van der Waals surface area contributed by atoms with Crippen molar-refractivity contribution in [2.75, 3.05) is 11.0 Å². The highest BCUT2D eigenvalue weighted by molar-refractivity contribution is 7.92. The first-order chi connectivity index (χ1) is 12.3. The van der Waals surface area contributed by atoms with Crippen LogP contribution in [0.1, 0.15) is 36.1 Å². The fourth-order valence-corrected chi connectivity index (χ4v) is 3.77. The lowest BCUT2D eigenvalue weighted by Gasteiger charge is -2.23. The molecule has 0 saturated heterocycles. The molecule has 7 heteroatoms. The summed E-state index contributed by atoms with van der Waals surface area (Å²) in [5.41, 5.74) is 4.08. The van der Waals surface area contributed by atoms with Crippen LogP contribution in [0.2, 0.25) is 0 Å². The van der Waals surface area contributed by atoms with Crippen molar-refractivity contribution < 1.29 is 13.2 Å². The van der Waals surface area contributed by atoms with E-state index in [0.717, 1.165) is 28.7 Å². The molecule has 0 aromatic heterocycles. The van der Waals surface area contributed by atoms with Crippen LogP contribution >= 0.6 is 0 Å². The summed E-state index contributed by atoms with van der Waals surface area (Å²) < 4.78 is 25.9. The first kappa shape index (κ1) is 18.1. The van der Waals surface area contributed by atoms with E-state index in [2.05, 4.69) is 9.82 Å². The van der Waals surface area contributed by atoms with Gasteiger partial charge in [-0.25, -0.2) is 13.4 Å². The van der Waals surface area contributed by atoms with E-state index in [1.165, 1.54) is 11.9 Å². The topological polar surface area (TPSA) is 78.8 Å². The molecule has 1 aliphatic heterocycles. The van der Waals surface area contributed by atoms with Gasteiger partial charge in [-0.1, -0.05) is 42.5 Å². The number of para-hydroxylation sites is 1. The van der Waals surface area contributed by atoms with Gasteiger partial charge in [0.2, 0.25) is 15.9 Å². The molecule has 0 spiro atoms.